The third kappa shape index (κ3) is 3.56. The maximum absolute atomic E-state index is 11.0. The third-order valence-corrected chi connectivity index (χ3v) is 3.31. The van der Waals surface area contributed by atoms with Crippen LogP contribution in [0.5, 0.6) is 5.75 Å². The van der Waals surface area contributed by atoms with E-state index in [0.717, 1.165) is 29.9 Å². The number of hydrogen-bond donors (Lipinski definition) is 1. The van der Waals surface area contributed by atoms with Crippen LogP contribution in [0, 0.1) is 0 Å². The number of hydrogen-bond acceptors (Lipinski definition) is 3. The summed E-state index contributed by atoms with van der Waals surface area (Å²) in [6.45, 7) is 4.25. The average Bonchev–Trinajstić information content (AvgIpc) is 2.46. The Balaban J connectivity index is 2.04. The standard InChI is InChI=1S/C15H20N2O2/c1-3-12(4-2)19-13-7-5-11(6-8-13)14-9-10-15(18)17-16-14/h5-8,12H,3-4,9-10H2,1-2H3,(H,17,18). The molecule has 102 valence electrons. The zero-order chi connectivity index (χ0) is 13.7. The van der Waals surface area contributed by atoms with E-state index in [1.807, 2.05) is 24.3 Å². The summed E-state index contributed by atoms with van der Waals surface area (Å²) in [5.74, 6) is 0.871. The monoisotopic (exact) mass is 260 g/mol. The van der Waals surface area contributed by atoms with Gasteiger partial charge in [-0.15, -0.1) is 0 Å². The van der Waals surface area contributed by atoms with Gasteiger partial charge in [-0.05, 0) is 42.7 Å². The van der Waals surface area contributed by atoms with Crippen LogP contribution in [-0.4, -0.2) is 17.7 Å². The van der Waals surface area contributed by atoms with Gasteiger partial charge in [-0.2, -0.15) is 5.10 Å². The van der Waals surface area contributed by atoms with Crippen LogP contribution in [0.15, 0.2) is 29.4 Å². The van der Waals surface area contributed by atoms with Crippen molar-refractivity contribution in [3.8, 4) is 5.75 Å². The molecule has 0 spiro atoms. The molecule has 0 saturated heterocycles. The average molecular weight is 260 g/mol. The number of nitrogens with one attached hydrogen (secondary N) is 1. The molecule has 0 atom stereocenters. The Morgan fingerprint density at radius 1 is 1.21 bits per heavy atom. The summed E-state index contributed by atoms with van der Waals surface area (Å²) in [7, 11) is 0. The van der Waals surface area contributed by atoms with Gasteiger partial charge in [-0.3, -0.25) is 4.79 Å². The van der Waals surface area contributed by atoms with E-state index in [1.165, 1.54) is 0 Å². The molecule has 1 aliphatic rings. The number of carbonyl (C=O) groups excluding carboxylic acids is 1. The number of amides is 1. The molecule has 4 nitrogen and oxygen atoms in total. The van der Waals surface area contributed by atoms with Crippen LogP contribution in [0.1, 0.15) is 45.1 Å². The lowest BCUT2D eigenvalue weighted by Crippen LogP contribution is -2.25. The van der Waals surface area contributed by atoms with Crippen molar-refractivity contribution >= 4 is 11.6 Å². The number of ether oxygens (including phenoxy) is 1. The van der Waals surface area contributed by atoms with Gasteiger partial charge in [0, 0.05) is 12.8 Å². The topological polar surface area (TPSA) is 50.7 Å². The minimum atomic E-state index is -0.0163. The Morgan fingerprint density at radius 3 is 2.42 bits per heavy atom. The van der Waals surface area contributed by atoms with Crippen LogP contribution >= 0.6 is 0 Å². The Hall–Kier alpha value is -1.84. The molecule has 0 unspecified atom stereocenters. The highest BCUT2D eigenvalue weighted by Crippen LogP contribution is 2.18. The largest absolute Gasteiger partial charge is 0.490 e. The highest BCUT2D eigenvalue weighted by atomic mass is 16.5. The molecule has 0 aromatic heterocycles. The predicted molar refractivity (Wildman–Crippen MR) is 75.4 cm³/mol. The molecule has 0 aliphatic carbocycles. The first-order valence-corrected chi connectivity index (χ1v) is 6.85. The second-order valence-electron chi connectivity index (χ2n) is 4.67. The number of benzene rings is 1. The van der Waals surface area contributed by atoms with Gasteiger partial charge in [0.05, 0.1) is 11.8 Å². The third-order valence-electron chi connectivity index (χ3n) is 3.31. The Morgan fingerprint density at radius 2 is 1.89 bits per heavy atom. The van der Waals surface area contributed by atoms with E-state index in [2.05, 4.69) is 24.4 Å². The molecule has 0 radical (unpaired) electrons. The lowest BCUT2D eigenvalue weighted by atomic mass is 10.0. The van der Waals surface area contributed by atoms with E-state index >= 15 is 0 Å². The maximum Gasteiger partial charge on any atom is 0.240 e. The van der Waals surface area contributed by atoms with E-state index in [9.17, 15) is 4.79 Å². The van der Waals surface area contributed by atoms with Crippen molar-refractivity contribution in [1.29, 1.82) is 0 Å². The molecule has 1 aromatic rings. The maximum atomic E-state index is 11.0. The Bertz CT molecular complexity index is 462. The van der Waals surface area contributed by atoms with Gasteiger partial charge in [0.2, 0.25) is 5.91 Å². The first kappa shape index (κ1) is 13.6. The van der Waals surface area contributed by atoms with Gasteiger partial charge < -0.3 is 4.74 Å². The van der Waals surface area contributed by atoms with Crippen molar-refractivity contribution in [2.75, 3.05) is 0 Å². The van der Waals surface area contributed by atoms with Crippen LogP contribution in [0.3, 0.4) is 0 Å². The molecular weight excluding hydrogens is 240 g/mol. The van der Waals surface area contributed by atoms with E-state index in [1.54, 1.807) is 0 Å². The molecule has 19 heavy (non-hydrogen) atoms. The van der Waals surface area contributed by atoms with Gasteiger partial charge in [0.15, 0.2) is 0 Å². The van der Waals surface area contributed by atoms with Crippen molar-refractivity contribution in [3.05, 3.63) is 29.8 Å². The first-order chi connectivity index (χ1) is 9.22. The summed E-state index contributed by atoms with van der Waals surface area (Å²) < 4.78 is 5.86. The predicted octanol–water partition coefficient (Wildman–Crippen LogP) is 2.87. The van der Waals surface area contributed by atoms with Crippen molar-refractivity contribution in [2.24, 2.45) is 5.10 Å². The van der Waals surface area contributed by atoms with Crippen molar-refractivity contribution in [3.63, 3.8) is 0 Å². The zero-order valence-electron chi connectivity index (χ0n) is 11.5. The van der Waals surface area contributed by atoms with Crippen molar-refractivity contribution in [2.45, 2.75) is 45.6 Å². The Kier molecular flexibility index (Phi) is 4.55. The number of nitrogens with zero attached hydrogens (tertiary/aromatic N) is 1. The zero-order valence-corrected chi connectivity index (χ0v) is 11.5. The summed E-state index contributed by atoms with van der Waals surface area (Å²) in [5, 5.41) is 4.08. The fourth-order valence-electron chi connectivity index (χ4n) is 2.06. The highest BCUT2D eigenvalue weighted by Gasteiger charge is 2.13. The van der Waals surface area contributed by atoms with Gasteiger partial charge in [-0.25, -0.2) is 5.43 Å². The molecule has 0 saturated carbocycles. The molecule has 0 bridgehead atoms. The lowest BCUT2D eigenvalue weighted by molar-refractivity contribution is -0.121. The fraction of sp³-hybridized carbons (Fsp3) is 0.467. The van der Waals surface area contributed by atoms with Crippen LogP contribution in [0.4, 0.5) is 0 Å². The van der Waals surface area contributed by atoms with E-state index in [-0.39, 0.29) is 12.0 Å². The molecule has 1 heterocycles. The summed E-state index contributed by atoms with van der Waals surface area (Å²) in [6, 6.07) is 7.92. The number of carbonyl (C=O) groups is 1. The minimum absolute atomic E-state index is 0.0163. The molecule has 1 aromatic carbocycles. The van der Waals surface area contributed by atoms with Crippen LogP contribution in [0.25, 0.3) is 0 Å². The molecule has 1 amide bonds. The second-order valence-corrected chi connectivity index (χ2v) is 4.67. The summed E-state index contributed by atoms with van der Waals surface area (Å²) >= 11 is 0. The van der Waals surface area contributed by atoms with Crippen LogP contribution < -0.4 is 10.2 Å². The van der Waals surface area contributed by atoms with E-state index in [4.69, 9.17) is 4.74 Å². The molecule has 0 fully saturated rings. The molecular formula is C15H20N2O2. The quantitative estimate of drug-likeness (QED) is 0.885. The van der Waals surface area contributed by atoms with Crippen LogP contribution in [0.2, 0.25) is 0 Å². The molecule has 1 aliphatic heterocycles. The van der Waals surface area contributed by atoms with Crippen molar-refractivity contribution < 1.29 is 9.53 Å². The fourth-order valence-corrected chi connectivity index (χ4v) is 2.06. The molecule has 2 rings (SSSR count). The number of rotatable bonds is 5. The highest BCUT2D eigenvalue weighted by molar-refractivity contribution is 6.04. The normalized spacial score (nSPS) is 15.1. The van der Waals surface area contributed by atoms with E-state index < -0.39 is 0 Å². The molecule has 1 N–H and O–H groups in total. The summed E-state index contributed by atoms with van der Waals surface area (Å²) in [4.78, 5) is 11.0. The summed E-state index contributed by atoms with van der Waals surface area (Å²) in [6.07, 6.45) is 3.49. The van der Waals surface area contributed by atoms with Gasteiger partial charge >= 0.3 is 0 Å². The lowest BCUT2D eigenvalue weighted by Gasteiger charge is -2.16. The number of hydrazone groups is 1. The summed E-state index contributed by atoms with van der Waals surface area (Å²) in [5.41, 5.74) is 4.48. The van der Waals surface area contributed by atoms with Gasteiger partial charge in [0.25, 0.3) is 0 Å². The van der Waals surface area contributed by atoms with Crippen LogP contribution in [-0.2, 0) is 4.79 Å². The Labute approximate surface area is 113 Å². The minimum Gasteiger partial charge on any atom is -0.490 e. The second kappa shape index (κ2) is 6.36. The van der Waals surface area contributed by atoms with Crippen molar-refractivity contribution in [1.82, 2.24) is 5.43 Å². The smallest absolute Gasteiger partial charge is 0.240 e. The SMILES string of the molecule is CCC(CC)Oc1ccc(C2=NNC(=O)CC2)cc1. The first-order valence-electron chi connectivity index (χ1n) is 6.85. The van der Waals surface area contributed by atoms with Gasteiger partial charge in [-0.1, -0.05) is 13.8 Å². The molecule has 4 heteroatoms. The van der Waals surface area contributed by atoms with E-state index in [0.29, 0.717) is 12.8 Å². The van der Waals surface area contributed by atoms with Gasteiger partial charge in [0.1, 0.15) is 5.75 Å².